The van der Waals surface area contributed by atoms with Gasteiger partial charge >= 0.3 is 5.97 Å². The number of methoxy groups -OCH3 is 1. The SMILES string of the molecule is COc1ccccc1CC1OCC(CC(=O)O)O1. The van der Waals surface area contributed by atoms with Crippen molar-refractivity contribution in [1.29, 1.82) is 0 Å². The number of carboxylic acids is 1. The molecule has 0 aliphatic carbocycles. The van der Waals surface area contributed by atoms with Gasteiger partial charge < -0.3 is 19.3 Å². The van der Waals surface area contributed by atoms with E-state index in [1.165, 1.54) is 0 Å². The van der Waals surface area contributed by atoms with E-state index in [0.29, 0.717) is 13.0 Å². The maximum atomic E-state index is 10.6. The molecule has 5 nitrogen and oxygen atoms in total. The molecule has 0 amide bonds. The lowest BCUT2D eigenvalue weighted by Gasteiger charge is -2.13. The Labute approximate surface area is 105 Å². The Hall–Kier alpha value is -1.59. The molecule has 5 heteroatoms. The Morgan fingerprint density at radius 2 is 2.28 bits per heavy atom. The summed E-state index contributed by atoms with van der Waals surface area (Å²) in [6.45, 7) is 0.326. The number of benzene rings is 1. The molecule has 0 spiro atoms. The largest absolute Gasteiger partial charge is 0.496 e. The maximum Gasteiger partial charge on any atom is 0.306 e. The Morgan fingerprint density at radius 1 is 1.50 bits per heavy atom. The molecule has 2 rings (SSSR count). The fourth-order valence-corrected chi connectivity index (χ4v) is 1.97. The van der Waals surface area contributed by atoms with Crippen molar-refractivity contribution in [2.24, 2.45) is 0 Å². The summed E-state index contributed by atoms with van der Waals surface area (Å²) < 4.78 is 16.2. The summed E-state index contributed by atoms with van der Waals surface area (Å²) in [5, 5.41) is 8.68. The van der Waals surface area contributed by atoms with Gasteiger partial charge in [0, 0.05) is 6.42 Å². The van der Waals surface area contributed by atoms with E-state index in [0.717, 1.165) is 11.3 Å². The topological polar surface area (TPSA) is 65.0 Å². The van der Waals surface area contributed by atoms with Crippen LogP contribution in [0.2, 0.25) is 0 Å². The standard InChI is InChI=1S/C13H16O5/c1-16-11-5-3-2-4-9(11)6-13-17-8-10(18-13)7-12(14)15/h2-5,10,13H,6-8H2,1H3,(H,14,15). The number of hydrogen-bond donors (Lipinski definition) is 1. The molecule has 1 heterocycles. The summed E-state index contributed by atoms with van der Waals surface area (Å²) in [6, 6.07) is 7.63. The molecule has 1 N–H and O–H groups in total. The van der Waals surface area contributed by atoms with Crippen LogP contribution in [-0.2, 0) is 20.7 Å². The number of carbonyl (C=O) groups is 1. The van der Waals surface area contributed by atoms with Gasteiger partial charge in [-0.3, -0.25) is 4.79 Å². The Morgan fingerprint density at radius 3 is 3.00 bits per heavy atom. The average molecular weight is 252 g/mol. The third-order valence-electron chi connectivity index (χ3n) is 2.79. The molecule has 98 valence electrons. The third kappa shape index (κ3) is 3.21. The van der Waals surface area contributed by atoms with Crippen LogP contribution in [0, 0.1) is 0 Å². The van der Waals surface area contributed by atoms with Gasteiger partial charge in [-0.2, -0.15) is 0 Å². The molecule has 1 aliphatic heterocycles. The van der Waals surface area contributed by atoms with Crippen molar-refractivity contribution in [2.75, 3.05) is 13.7 Å². The first-order valence-electron chi connectivity index (χ1n) is 5.80. The van der Waals surface area contributed by atoms with Gasteiger partial charge in [0.05, 0.1) is 26.2 Å². The average Bonchev–Trinajstić information content (AvgIpc) is 2.76. The maximum absolute atomic E-state index is 10.6. The zero-order chi connectivity index (χ0) is 13.0. The summed E-state index contributed by atoms with van der Waals surface area (Å²) in [5.41, 5.74) is 0.987. The summed E-state index contributed by atoms with van der Waals surface area (Å²) in [7, 11) is 1.61. The smallest absolute Gasteiger partial charge is 0.306 e. The highest BCUT2D eigenvalue weighted by atomic mass is 16.7. The van der Waals surface area contributed by atoms with E-state index in [4.69, 9.17) is 19.3 Å². The third-order valence-corrected chi connectivity index (χ3v) is 2.79. The van der Waals surface area contributed by atoms with E-state index in [9.17, 15) is 4.79 Å². The van der Waals surface area contributed by atoms with Crippen molar-refractivity contribution in [3.8, 4) is 5.75 Å². The number of hydrogen-bond acceptors (Lipinski definition) is 4. The van der Waals surface area contributed by atoms with E-state index in [2.05, 4.69) is 0 Å². The van der Waals surface area contributed by atoms with Gasteiger partial charge in [0.15, 0.2) is 6.29 Å². The number of ether oxygens (including phenoxy) is 3. The summed E-state index contributed by atoms with van der Waals surface area (Å²) in [5.74, 6) is -0.0899. The Bertz CT molecular complexity index is 418. The van der Waals surface area contributed by atoms with Crippen molar-refractivity contribution >= 4 is 5.97 Å². The van der Waals surface area contributed by atoms with E-state index < -0.39 is 12.3 Å². The van der Waals surface area contributed by atoms with E-state index in [-0.39, 0.29) is 12.5 Å². The molecule has 2 atom stereocenters. The second-order valence-electron chi connectivity index (χ2n) is 4.13. The van der Waals surface area contributed by atoms with Crippen molar-refractivity contribution < 1.29 is 24.1 Å². The Balaban J connectivity index is 1.93. The molecule has 1 aromatic carbocycles. The quantitative estimate of drug-likeness (QED) is 0.859. The van der Waals surface area contributed by atoms with E-state index in [1.54, 1.807) is 7.11 Å². The molecule has 0 radical (unpaired) electrons. The molecule has 0 bridgehead atoms. The minimum Gasteiger partial charge on any atom is -0.496 e. The van der Waals surface area contributed by atoms with Gasteiger partial charge in [-0.15, -0.1) is 0 Å². The lowest BCUT2D eigenvalue weighted by Crippen LogP contribution is -2.17. The molecule has 2 unspecified atom stereocenters. The lowest BCUT2D eigenvalue weighted by molar-refractivity contribution is -0.140. The van der Waals surface area contributed by atoms with Crippen molar-refractivity contribution in [3.63, 3.8) is 0 Å². The Kier molecular flexibility index (Phi) is 4.17. The van der Waals surface area contributed by atoms with Crippen molar-refractivity contribution in [3.05, 3.63) is 29.8 Å². The second-order valence-corrected chi connectivity index (χ2v) is 4.13. The number of carboxylic acid groups (broad SMARTS) is 1. The number of rotatable bonds is 5. The van der Waals surface area contributed by atoms with E-state index >= 15 is 0 Å². The predicted molar refractivity (Wildman–Crippen MR) is 63.6 cm³/mol. The molecule has 1 saturated heterocycles. The minimum atomic E-state index is -0.874. The molecule has 1 fully saturated rings. The molecule has 1 aromatic rings. The van der Waals surface area contributed by atoms with Crippen LogP contribution in [0.25, 0.3) is 0 Å². The van der Waals surface area contributed by atoms with Gasteiger partial charge in [0.25, 0.3) is 0 Å². The first kappa shape index (κ1) is 12.9. The van der Waals surface area contributed by atoms with Crippen LogP contribution >= 0.6 is 0 Å². The van der Waals surface area contributed by atoms with Crippen LogP contribution in [0.4, 0.5) is 0 Å². The van der Waals surface area contributed by atoms with Crippen molar-refractivity contribution in [1.82, 2.24) is 0 Å². The fourth-order valence-electron chi connectivity index (χ4n) is 1.97. The summed E-state index contributed by atoms with van der Waals surface area (Å²) >= 11 is 0. The normalized spacial score (nSPS) is 22.9. The molecular weight excluding hydrogens is 236 g/mol. The van der Waals surface area contributed by atoms with Crippen LogP contribution in [0.3, 0.4) is 0 Å². The zero-order valence-corrected chi connectivity index (χ0v) is 10.2. The van der Waals surface area contributed by atoms with Crippen LogP contribution in [-0.4, -0.2) is 37.2 Å². The monoisotopic (exact) mass is 252 g/mol. The highest BCUT2D eigenvalue weighted by molar-refractivity contribution is 5.67. The van der Waals surface area contributed by atoms with Gasteiger partial charge in [-0.05, 0) is 11.6 Å². The fraction of sp³-hybridized carbons (Fsp3) is 0.462. The molecular formula is C13H16O5. The molecule has 0 aromatic heterocycles. The van der Waals surface area contributed by atoms with Crippen LogP contribution in [0.5, 0.6) is 5.75 Å². The summed E-state index contributed by atoms with van der Waals surface area (Å²) in [4.78, 5) is 10.6. The molecule has 1 aliphatic rings. The van der Waals surface area contributed by atoms with Gasteiger partial charge in [0.2, 0.25) is 0 Å². The van der Waals surface area contributed by atoms with Crippen LogP contribution in [0.1, 0.15) is 12.0 Å². The highest BCUT2D eigenvalue weighted by Gasteiger charge is 2.28. The number of para-hydroxylation sites is 1. The van der Waals surface area contributed by atoms with Gasteiger partial charge in [-0.1, -0.05) is 18.2 Å². The minimum absolute atomic E-state index is 0.0254. The predicted octanol–water partition coefficient (Wildman–Crippen LogP) is 1.45. The van der Waals surface area contributed by atoms with E-state index in [1.807, 2.05) is 24.3 Å². The highest BCUT2D eigenvalue weighted by Crippen LogP contribution is 2.23. The van der Waals surface area contributed by atoms with Crippen molar-refractivity contribution in [2.45, 2.75) is 25.2 Å². The first-order chi connectivity index (χ1) is 8.69. The van der Waals surface area contributed by atoms with Crippen LogP contribution in [0.15, 0.2) is 24.3 Å². The first-order valence-corrected chi connectivity index (χ1v) is 5.80. The van der Waals surface area contributed by atoms with Crippen LogP contribution < -0.4 is 4.74 Å². The molecule has 0 saturated carbocycles. The summed E-state index contributed by atoms with van der Waals surface area (Å²) in [6.07, 6.45) is -0.226. The number of aliphatic carboxylic acids is 1. The zero-order valence-electron chi connectivity index (χ0n) is 10.2. The van der Waals surface area contributed by atoms with Gasteiger partial charge in [-0.25, -0.2) is 0 Å². The molecule has 18 heavy (non-hydrogen) atoms. The van der Waals surface area contributed by atoms with Gasteiger partial charge in [0.1, 0.15) is 5.75 Å². The second kappa shape index (κ2) is 5.84. The lowest BCUT2D eigenvalue weighted by atomic mass is 10.1.